The molecule has 0 unspecified atom stereocenters. The van der Waals surface area contributed by atoms with Gasteiger partial charge in [0.2, 0.25) is 0 Å². The second kappa shape index (κ2) is 6.30. The molecule has 2 nitrogen and oxygen atoms in total. The summed E-state index contributed by atoms with van der Waals surface area (Å²) in [4.78, 5) is 2.45. The lowest BCUT2D eigenvalue weighted by atomic mass is 10.1. The molecule has 1 aromatic carbocycles. The van der Waals surface area contributed by atoms with Gasteiger partial charge in [0.15, 0.2) is 0 Å². The molecule has 0 atom stereocenters. The number of nitrogens with zero attached hydrogens (tertiary/aromatic N) is 2. The number of nitriles is 1. The molecule has 0 saturated heterocycles. The van der Waals surface area contributed by atoms with Crippen LogP contribution in [-0.4, -0.2) is 12.6 Å². The third-order valence-electron chi connectivity index (χ3n) is 3.71. The monoisotopic (exact) mass is 276 g/mol. The molecule has 0 aromatic heterocycles. The van der Waals surface area contributed by atoms with Crippen LogP contribution in [0, 0.1) is 17.2 Å². The van der Waals surface area contributed by atoms with Crippen molar-refractivity contribution in [3.05, 3.63) is 28.8 Å². The van der Waals surface area contributed by atoms with Crippen molar-refractivity contribution in [2.75, 3.05) is 11.4 Å². The Labute approximate surface area is 121 Å². The molecule has 1 aromatic rings. The fourth-order valence-electron chi connectivity index (χ4n) is 2.86. The average Bonchev–Trinajstić information content (AvgIpc) is 2.89. The van der Waals surface area contributed by atoms with E-state index in [1.54, 1.807) is 6.07 Å². The average molecular weight is 277 g/mol. The van der Waals surface area contributed by atoms with E-state index in [0.29, 0.717) is 22.5 Å². The molecule has 0 spiro atoms. The highest BCUT2D eigenvalue weighted by Gasteiger charge is 2.24. The summed E-state index contributed by atoms with van der Waals surface area (Å²) < 4.78 is 0. The molecule has 0 heterocycles. The number of benzene rings is 1. The molecular formula is C16H21ClN2. The Morgan fingerprint density at radius 1 is 1.37 bits per heavy atom. The summed E-state index contributed by atoms with van der Waals surface area (Å²) >= 11 is 6.37. The number of anilines is 1. The van der Waals surface area contributed by atoms with Gasteiger partial charge >= 0.3 is 0 Å². The van der Waals surface area contributed by atoms with Gasteiger partial charge in [-0.1, -0.05) is 38.3 Å². The highest BCUT2D eigenvalue weighted by atomic mass is 35.5. The van der Waals surface area contributed by atoms with Crippen LogP contribution < -0.4 is 4.90 Å². The molecule has 0 radical (unpaired) electrons. The Morgan fingerprint density at radius 3 is 2.58 bits per heavy atom. The lowest BCUT2D eigenvalue weighted by Crippen LogP contribution is -2.36. The van der Waals surface area contributed by atoms with Crippen molar-refractivity contribution in [3.63, 3.8) is 0 Å². The molecule has 3 heteroatoms. The van der Waals surface area contributed by atoms with Gasteiger partial charge in [-0.3, -0.25) is 0 Å². The van der Waals surface area contributed by atoms with Crippen LogP contribution in [0.25, 0.3) is 0 Å². The lowest BCUT2D eigenvalue weighted by molar-refractivity contribution is 0.536. The van der Waals surface area contributed by atoms with Crippen LogP contribution in [0.15, 0.2) is 18.2 Å². The van der Waals surface area contributed by atoms with E-state index in [2.05, 4.69) is 24.8 Å². The number of halogens is 1. The molecule has 0 bridgehead atoms. The van der Waals surface area contributed by atoms with Gasteiger partial charge in [-0.25, -0.2) is 0 Å². The zero-order valence-electron chi connectivity index (χ0n) is 11.7. The summed E-state index contributed by atoms with van der Waals surface area (Å²) in [6, 6.07) is 8.39. The minimum Gasteiger partial charge on any atom is -0.367 e. The predicted octanol–water partition coefficient (Wildman–Crippen LogP) is 4.62. The van der Waals surface area contributed by atoms with Crippen LogP contribution >= 0.6 is 11.6 Å². The fourth-order valence-corrected chi connectivity index (χ4v) is 3.15. The van der Waals surface area contributed by atoms with Crippen molar-refractivity contribution < 1.29 is 0 Å². The van der Waals surface area contributed by atoms with Crippen LogP contribution in [0.4, 0.5) is 5.69 Å². The van der Waals surface area contributed by atoms with Gasteiger partial charge in [-0.05, 0) is 37.0 Å². The van der Waals surface area contributed by atoms with Gasteiger partial charge in [0, 0.05) is 12.6 Å². The van der Waals surface area contributed by atoms with Gasteiger partial charge in [0.1, 0.15) is 0 Å². The number of rotatable bonds is 4. The van der Waals surface area contributed by atoms with Crippen LogP contribution in [0.1, 0.15) is 45.1 Å². The Bertz CT molecular complexity index is 470. The summed E-state index contributed by atoms with van der Waals surface area (Å²) in [5, 5.41) is 9.63. The van der Waals surface area contributed by atoms with E-state index in [0.717, 1.165) is 12.2 Å². The third-order valence-corrected chi connectivity index (χ3v) is 4.02. The largest absolute Gasteiger partial charge is 0.367 e. The molecule has 1 aliphatic carbocycles. The van der Waals surface area contributed by atoms with Gasteiger partial charge in [0.05, 0.1) is 22.3 Å². The maximum atomic E-state index is 8.93. The summed E-state index contributed by atoms with van der Waals surface area (Å²) in [5.41, 5.74) is 1.71. The second-order valence-electron chi connectivity index (χ2n) is 5.76. The van der Waals surface area contributed by atoms with Crippen molar-refractivity contribution in [2.45, 2.75) is 45.6 Å². The Morgan fingerprint density at radius 2 is 2.05 bits per heavy atom. The van der Waals surface area contributed by atoms with Crippen molar-refractivity contribution in [1.29, 1.82) is 5.26 Å². The number of hydrogen-bond donors (Lipinski definition) is 0. The van der Waals surface area contributed by atoms with Crippen molar-refractivity contribution in [1.82, 2.24) is 0 Å². The summed E-state index contributed by atoms with van der Waals surface area (Å²) in [5.74, 6) is 0.604. The van der Waals surface area contributed by atoms with Crippen LogP contribution in [0.2, 0.25) is 5.02 Å². The summed E-state index contributed by atoms with van der Waals surface area (Å²) in [7, 11) is 0. The molecule has 102 valence electrons. The molecule has 1 fully saturated rings. The predicted molar refractivity (Wildman–Crippen MR) is 80.6 cm³/mol. The van der Waals surface area contributed by atoms with Gasteiger partial charge in [-0.15, -0.1) is 0 Å². The molecule has 1 saturated carbocycles. The third kappa shape index (κ3) is 3.42. The van der Waals surface area contributed by atoms with Gasteiger partial charge in [0.25, 0.3) is 0 Å². The van der Waals surface area contributed by atoms with E-state index in [4.69, 9.17) is 16.9 Å². The Kier molecular flexibility index (Phi) is 4.71. The molecule has 19 heavy (non-hydrogen) atoms. The topological polar surface area (TPSA) is 27.0 Å². The summed E-state index contributed by atoms with van der Waals surface area (Å²) in [6.45, 7) is 5.50. The molecule has 1 aliphatic rings. The van der Waals surface area contributed by atoms with E-state index >= 15 is 0 Å². The smallest absolute Gasteiger partial charge is 0.0992 e. The first kappa shape index (κ1) is 14.2. The minimum absolute atomic E-state index is 0.604. The zero-order valence-corrected chi connectivity index (χ0v) is 12.5. The van der Waals surface area contributed by atoms with Crippen LogP contribution in [-0.2, 0) is 0 Å². The first-order valence-corrected chi connectivity index (χ1v) is 7.46. The van der Waals surface area contributed by atoms with Gasteiger partial charge < -0.3 is 4.90 Å². The molecule has 0 amide bonds. The maximum Gasteiger partial charge on any atom is 0.0992 e. The Hall–Kier alpha value is -1.20. The van der Waals surface area contributed by atoms with Crippen LogP contribution in [0.3, 0.4) is 0 Å². The van der Waals surface area contributed by atoms with Crippen molar-refractivity contribution in [2.24, 2.45) is 5.92 Å². The molecule has 2 rings (SSSR count). The molecule has 0 N–H and O–H groups in total. The standard InChI is InChI=1S/C16H21ClN2/c1-12(2)11-19(14-5-3-4-6-14)16-8-7-13(10-18)9-15(16)17/h7-9,12,14H,3-6,11H2,1-2H3. The maximum absolute atomic E-state index is 8.93. The van der Waals surface area contributed by atoms with E-state index in [-0.39, 0.29) is 0 Å². The first-order chi connectivity index (χ1) is 9.11. The summed E-state index contributed by atoms with van der Waals surface area (Å²) in [6.07, 6.45) is 5.13. The van der Waals surface area contributed by atoms with E-state index in [1.807, 2.05) is 12.1 Å². The van der Waals surface area contributed by atoms with Crippen molar-refractivity contribution in [3.8, 4) is 6.07 Å². The SMILES string of the molecule is CC(C)CN(c1ccc(C#N)cc1Cl)C1CCCC1. The highest BCUT2D eigenvalue weighted by molar-refractivity contribution is 6.33. The first-order valence-electron chi connectivity index (χ1n) is 7.08. The van der Waals surface area contributed by atoms with Gasteiger partial charge in [-0.2, -0.15) is 5.26 Å². The van der Waals surface area contributed by atoms with E-state index < -0.39 is 0 Å². The van der Waals surface area contributed by atoms with E-state index in [1.165, 1.54) is 25.7 Å². The second-order valence-corrected chi connectivity index (χ2v) is 6.17. The van der Waals surface area contributed by atoms with E-state index in [9.17, 15) is 0 Å². The molecule has 0 aliphatic heterocycles. The highest BCUT2D eigenvalue weighted by Crippen LogP contribution is 2.34. The Balaban J connectivity index is 2.29. The molecular weight excluding hydrogens is 256 g/mol. The lowest BCUT2D eigenvalue weighted by Gasteiger charge is -2.33. The quantitative estimate of drug-likeness (QED) is 0.802. The number of hydrogen-bond acceptors (Lipinski definition) is 2. The van der Waals surface area contributed by atoms with Crippen LogP contribution in [0.5, 0.6) is 0 Å². The fraction of sp³-hybridized carbons (Fsp3) is 0.562. The van der Waals surface area contributed by atoms with Crippen molar-refractivity contribution >= 4 is 17.3 Å². The zero-order chi connectivity index (χ0) is 13.8. The minimum atomic E-state index is 0.604. The normalized spacial score (nSPS) is 15.7.